The highest BCUT2D eigenvalue weighted by atomic mass is 19.4. The Morgan fingerprint density at radius 3 is 2.25 bits per heavy atom. The number of benzene rings is 1. The van der Waals surface area contributed by atoms with Gasteiger partial charge in [0.15, 0.2) is 0 Å². The quantitative estimate of drug-likeness (QED) is 0.755. The fourth-order valence-electron chi connectivity index (χ4n) is 1.04. The van der Waals surface area contributed by atoms with Gasteiger partial charge >= 0.3 is 6.36 Å². The Balaban J connectivity index is 3.08. The molecule has 90 valence electrons. The second-order valence-corrected chi connectivity index (χ2v) is 2.75. The first-order chi connectivity index (χ1) is 7.33. The molecule has 1 aromatic rings. The van der Waals surface area contributed by atoms with Gasteiger partial charge in [0.2, 0.25) is 0 Å². The second-order valence-electron chi connectivity index (χ2n) is 2.75. The fraction of sp³-hybridized carbons (Fsp3) is 0.333. The van der Waals surface area contributed by atoms with Crippen LogP contribution in [0.1, 0.15) is 12.0 Å². The molecule has 16 heavy (non-hydrogen) atoms. The summed E-state index contributed by atoms with van der Waals surface area (Å²) in [6.07, 6.45) is -8.08. The van der Waals surface area contributed by atoms with Gasteiger partial charge in [0.05, 0.1) is 12.7 Å². The normalized spacial score (nSPS) is 11.7. The lowest BCUT2D eigenvalue weighted by molar-refractivity contribution is -0.275. The van der Waals surface area contributed by atoms with Gasteiger partial charge in [-0.25, -0.2) is 8.78 Å². The fourth-order valence-corrected chi connectivity index (χ4v) is 1.04. The first-order valence-electron chi connectivity index (χ1n) is 4.05. The van der Waals surface area contributed by atoms with Crippen LogP contribution in [0.2, 0.25) is 0 Å². The second kappa shape index (κ2) is 4.54. The van der Waals surface area contributed by atoms with E-state index < -0.39 is 24.1 Å². The van der Waals surface area contributed by atoms with Gasteiger partial charge < -0.3 is 9.47 Å². The van der Waals surface area contributed by atoms with Gasteiger partial charge in [0, 0.05) is 0 Å². The van der Waals surface area contributed by atoms with Crippen LogP contribution in [0.5, 0.6) is 11.5 Å². The number of hydrogen-bond acceptors (Lipinski definition) is 2. The van der Waals surface area contributed by atoms with Gasteiger partial charge in [-0.3, -0.25) is 0 Å². The third-order valence-electron chi connectivity index (χ3n) is 1.68. The van der Waals surface area contributed by atoms with Crippen LogP contribution in [0.25, 0.3) is 0 Å². The van der Waals surface area contributed by atoms with Crippen LogP contribution in [-0.4, -0.2) is 13.5 Å². The molecule has 0 atom stereocenters. The summed E-state index contributed by atoms with van der Waals surface area (Å²) < 4.78 is 68.5. The predicted molar refractivity (Wildman–Crippen MR) is 44.6 cm³/mol. The third-order valence-corrected chi connectivity index (χ3v) is 1.68. The van der Waals surface area contributed by atoms with Gasteiger partial charge in [-0.15, -0.1) is 13.2 Å². The summed E-state index contributed by atoms with van der Waals surface area (Å²) in [5.41, 5.74) is -0.864. The summed E-state index contributed by atoms with van der Waals surface area (Å²) in [6.45, 7) is 0. The van der Waals surface area contributed by atoms with E-state index in [9.17, 15) is 22.0 Å². The summed E-state index contributed by atoms with van der Waals surface area (Å²) in [6, 6.07) is 2.69. The number of methoxy groups -OCH3 is 1. The molecule has 0 unspecified atom stereocenters. The van der Waals surface area contributed by atoms with Crippen molar-refractivity contribution in [3.63, 3.8) is 0 Å². The van der Waals surface area contributed by atoms with Crippen molar-refractivity contribution in [2.75, 3.05) is 7.11 Å². The summed E-state index contributed by atoms with van der Waals surface area (Å²) in [5, 5.41) is 0. The Labute approximate surface area is 87.6 Å². The van der Waals surface area contributed by atoms with Crippen molar-refractivity contribution in [3.8, 4) is 11.5 Å². The molecule has 0 aliphatic heterocycles. The van der Waals surface area contributed by atoms with Gasteiger partial charge in [-0.05, 0) is 18.2 Å². The van der Waals surface area contributed by atoms with Crippen molar-refractivity contribution in [3.05, 3.63) is 23.8 Å². The molecule has 0 aliphatic rings. The molecule has 0 heterocycles. The molecule has 7 heteroatoms. The minimum atomic E-state index is -5.00. The molecule has 0 amide bonds. The minimum Gasteiger partial charge on any atom is -0.497 e. The molecule has 0 N–H and O–H groups in total. The van der Waals surface area contributed by atoms with Crippen LogP contribution in [0.15, 0.2) is 18.2 Å². The van der Waals surface area contributed by atoms with E-state index in [2.05, 4.69) is 9.47 Å². The average Bonchev–Trinajstić information content (AvgIpc) is 2.15. The van der Waals surface area contributed by atoms with E-state index in [0.717, 1.165) is 18.2 Å². The summed E-state index contributed by atoms with van der Waals surface area (Å²) in [5.74, 6) is -0.895. The van der Waals surface area contributed by atoms with E-state index in [1.54, 1.807) is 0 Å². The maximum Gasteiger partial charge on any atom is 0.573 e. The standard InChI is InChI=1S/C9H7F5O2/c1-15-5-2-3-7(16-9(12,13)14)6(4-5)8(10)11/h2-4,8H,1H3. The van der Waals surface area contributed by atoms with Crippen LogP contribution in [-0.2, 0) is 0 Å². The van der Waals surface area contributed by atoms with Gasteiger partial charge in [0.25, 0.3) is 6.43 Å². The SMILES string of the molecule is COc1ccc(OC(F)(F)F)c(C(F)F)c1. The smallest absolute Gasteiger partial charge is 0.497 e. The largest absolute Gasteiger partial charge is 0.573 e. The lowest BCUT2D eigenvalue weighted by Gasteiger charge is -2.13. The molecule has 0 saturated carbocycles. The summed E-state index contributed by atoms with van der Waals surface area (Å²) in [4.78, 5) is 0. The van der Waals surface area contributed by atoms with Crippen LogP contribution < -0.4 is 9.47 Å². The Morgan fingerprint density at radius 1 is 1.19 bits per heavy atom. The van der Waals surface area contributed by atoms with Gasteiger partial charge in [0.1, 0.15) is 11.5 Å². The Morgan fingerprint density at radius 2 is 1.81 bits per heavy atom. The molecule has 0 radical (unpaired) electrons. The molecule has 1 rings (SSSR count). The molecular weight excluding hydrogens is 235 g/mol. The maximum absolute atomic E-state index is 12.4. The third kappa shape index (κ3) is 3.25. The molecule has 0 aromatic heterocycles. The minimum absolute atomic E-state index is 0.0322. The van der Waals surface area contributed by atoms with Crippen molar-refractivity contribution in [1.82, 2.24) is 0 Å². The summed E-state index contributed by atoms with van der Waals surface area (Å²) >= 11 is 0. The highest BCUT2D eigenvalue weighted by Gasteiger charge is 2.33. The topological polar surface area (TPSA) is 18.5 Å². The van der Waals surface area contributed by atoms with E-state index in [0.29, 0.717) is 0 Å². The van der Waals surface area contributed by atoms with E-state index in [-0.39, 0.29) is 5.75 Å². The maximum atomic E-state index is 12.4. The first kappa shape index (κ1) is 12.5. The predicted octanol–water partition coefficient (Wildman–Crippen LogP) is 3.53. The number of ether oxygens (including phenoxy) is 2. The van der Waals surface area contributed by atoms with Crippen molar-refractivity contribution in [2.24, 2.45) is 0 Å². The average molecular weight is 242 g/mol. The zero-order valence-electron chi connectivity index (χ0n) is 8.02. The molecule has 0 saturated heterocycles. The monoisotopic (exact) mass is 242 g/mol. The van der Waals surface area contributed by atoms with E-state index >= 15 is 0 Å². The van der Waals surface area contributed by atoms with Gasteiger partial charge in [-0.1, -0.05) is 0 Å². The van der Waals surface area contributed by atoms with Crippen molar-refractivity contribution >= 4 is 0 Å². The number of alkyl halides is 5. The highest BCUT2D eigenvalue weighted by Crippen LogP contribution is 2.35. The van der Waals surface area contributed by atoms with E-state index in [1.807, 2.05) is 0 Å². The molecule has 0 spiro atoms. The number of rotatable bonds is 3. The van der Waals surface area contributed by atoms with Crippen LogP contribution in [0.4, 0.5) is 22.0 Å². The van der Waals surface area contributed by atoms with Gasteiger partial charge in [-0.2, -0.15) is 0 Å². The molecule has 1 aromatic carbocycles. The van der Waals surface area contributed by atoms with Crippen molar-refractivity contribution in [1.29, 1.82) is 0 Å². The lowest BCUT2D eigenvalue weighted by Crippen LogP contribution is -2.18. The molecule has 2 nitrogen and oxygen atoms in total. The Kier molecular flexibility index (Phi) is 3.56. The van der Waals surface area contributed by atoms with Crippen LogP contribution in [0, 0.1) is 0 Å². The summed E-state index contributed by atoms with van der Waals surface area (Å²) in [7, 11) is 1.22. The zero-order valence-corrected chi connectivity index (χ0v) is 8.02. The first-order valence-corrected chi connectivity index (χ1v) is 4.05. The lowest BCUT2D eigenvalue weighted by atomic mass is 10.2. The Hall–Kier alpha value is -1.53. The van der Waals surface area contributed by atoms with Crippen molar-refractivity contribution < 1.29 is 31.4 Å². The van der Waals surface area contributed by atoms with Crippen LogP contribution >= 0.6 is 0 Å². The molecule has 0 fully saturated rings. The Bertz CT molecular complexity index is 361. The molecule has 0 bridgehead atoms. The number of hydrogen-bond donors (Lipinski definition) is 0. The van der Waals surface area contributed by atoms with E-state index in [4.69, 9.17) is 0 Å². The number of halogens is 5. The van der Waals surface area contributed by atoms with Crippen molar-refractivity contribution in [2.45, 2.75) is 12.8 Å². The molecule has 0 aliphatic carbocycles. The van der Waals surface area contributed by atoms with Crippen LogP contribution in [0.3, 0.4) is 0 Å². The van der Waals surface area contributed by atoms with E-state index in [1.165, 1.54) is 7.11 Å². The molecular formula is C9H7F5O2. The highest BCUT2D eigenvalue weighted by molar-refractivity contribution is 5.41. The zero-order chi connectivity index (χ0) is 12.3.